The molecule has 1 heterocycles. The van der Waals surface area contributed by atoms with Gasteiger partial charge < -0.3 is 26.2 Å². The first-order valence-corrected chi connectivity index (χ1v) is 11.7. The summed E-state index contributed by atoms with van der Waals surface area (Å²) in [6, 6.07) is 15.9. The van der Waals surface area contributed by atoms with Crippen molar-refractivity contribution in [2.45, 2.75) is 50.3 Å². The maximum Gasteiger partial charge on any atom is 0.303 e. The Bertz CT molecular complexity index is 943. The van der Waals surface area contributed by atoms with Crippen LogP contribution in [0, 0.1) is 0 Å². The number of carboxylic acids is 1. The zero-order valence-corrected chi connectivity index (χ0v) is 19.2. The Morgan fingerprint density at radius 1 is 1.06 bits per heavy atom. The lowest BCUT2D eigenvalue weighted by Gasteiger charge is -2.22. The topological polar surface area (TPSA) is 131 Å². The second-order valence-corrected chi connectivity index (χ2v) is 8.60. The van der Waals surface area contributed by atoms with Gasteiger partial charge in [0.05, 0.1) is 12.6 Å². The third-order valence-corrected chi connectivity index (χ3v) is 5.93. The van der Waals surface area contributed by atoms with Gasteiger partial charge in [0.25, 0.3) is 0 Å². The number of aryl methyl sites for hydroxylation is 1. The minimum absolute atomic E-state index is 0.0231. The minimum Gasteiger partial charge on any atom is -0.481 e. The van der Waals surface area contributed by atoms with E-state index in [1.54, 1.807) is 24.3 Å². The number of ether oxygens (including phenoxy) is 1. The van der Waals surface area contributed by atoms with Crippen LogP contribution in [0.5, 0.6) is 0 Å². The Morgan fingerprint density at radius 2 is 1.79 bits per heavy atom. The average Bonchev–Trinajstić information content (AvgIpc) is 2.86. The van der Waals surface area contributed by atoms with Crippen LogP contribution in [0.2, 0.25) is 0 Å². The normalized spacial score (nSPS) is 17.5. The molecule has 1 unspecified atom stereocenters. The summed E-state index contributed by atoms with van der Waals surface area (Å²) in [6.07, 6.45) is 1.51. The van der Waals surface area contributed by atoms with Crippen molar-refractivity contribution in [1.29, 1.82) is 0 Å². The number of hydrogen-bond acceptors (Lipinski definition) is 6. The highest BCUT2D eigenvalue weighted by Crippen LogP contribution is 2.13. The first-order valence-electron chi connectivity index (χ1n) is 11.7. The molecule has 3 atom stereocenters. The number of carbonyl (C=O) groups is 3. The van der Waals surface area contributed by atoms with E-state index < -0.39 is 18.1 Å². The lowest BCUT2D eigenvalue weighted by molar-refractivity contribution is -0.137. The number of carboxylic acid groups (broad SMARTS) is 1. The quantitative estimate of drug-likeness (QED) is 0.350. The number of morpholine rings is 1. The van der Waals surface area contributed by atoms with Gasteiger partial charge in [-0.25, -0.2) is 0 Å². The Labute approximate surface area is 199 Å². The van der Waals surface area contributed by atoms with Crippen LogP contribution in [-0.4, -0.2) is 60.7 Å². The summed E-state index contributed by atoms with van der Waals surface area (Å²) in [6.45, 7) is 1.75. The zero-order valence-electron chi connectivity index (χ0n) is 19.2. The van der Waals surface area contributed by atoms with Crippen molar-refractivity contribution in [3.8, 4) is 0 Å². The van der Waals surface area contributed by atoms with Crippen molar-refractivity contribution < 1.29 is 24.2 Å². The van der Waals surface area contributed by atoms with Gasteiger partial charge in [0, 0.05) is 31.1 Å². The number of nitrogens with one attached hydrogen (secondary N) is 2. The van der Waals surface area contributed by atoms with Gasteiger partial charge in [0.1, 0.15) is 6.10 Å². The van der Waals surface area contributed by atoms with Crippen LogP contribution in [0.15, 0.2) is 54.6 Å². The fourth-order valence-corrected chi connectivity index (χ4v) is 3.95. The molecule has 2 aromatic carbocycles. The molecule has 0 aromatic heterocycles. The van der Waals surface area contributed by atoms with Crippen LogP contribution < -0.4 is 16.4 Å². The second kappa shape index (κ2) is 13.0. The molecule has 5 N–H and O–H groups in total. The number of carbonyl (C=O) groups excluding carboxylic acids is 2. The summed E-state index contributed by atoms with van der Waals surface area (Å²) in [5.41, 5.74) is 8.68. The van der Waals surface area contributed by atoms with Crippen LogP contribution >= 0.6 is 0 Å². The molecule has 1 aliphatic rings. The summed E-state index contributed by atoms with van der Waals surface area (Å²) in [4.78, 5) is 36.3. The number of benzene rings is 2. The van der Waals surface area contributed by atoms with Crippen molar-refractivity contribution in [2.75, 3.05) is 19.7 Å². The Morgan fingerprint density at radius 3 is 2.44 bits per heavy atom. The molecule has 0 radical (unpaired) electrons. The van der Waals surface area contributed by atoms with Crippen molar-refractivity contribution >= 4 is 17.7 Å². The van der Waals surface area contributed by atoms with Gasteiger partial charge in [-0.1, -0.05) is 54.6 Å². The summed E-state index contributed by atoms with van der Waals surface area (Å²) in [7, 11) is 0. The van der Waals surface area contributed by atoms with Gasteiger partial charge in [0.2, 0.25) is 5.91 Å². The maximum atomic E-state index is 12.7. The van der Waals surface area contributed by atoms with Gasteiger partial charge in [-0.15, -0.1) is 0 Å². The molecular formula is C26H33N3O5. The van der Waals surface area contributed by atoms with Gasteiger partial charge in [-0.3, -0.25) is 14.4 Å². The van der Waals surface area contributed by atoms with E-state index in [0.29, 0.717) is 38.0 Å². The molecule has 0 bridgehead atoms. The third kappa shape index (κ3) is 8.06. The van der Waals surface area contributed by atoms with E-state index in [2.05, 4.69) is 10.6 Å². The van der Waals surface area contributed by atoms with Crippen molar-refractivity contribution in [3.05, 3.63) is 71.3 Å². The van der Waals surface area contributed by atoms with Crippen LogP contribution in [-0.2, 0) is 27.2 Å². The van der Waals surface area contributed by atoms with Crippen LogP contribution in [0.3, 0.4) is 0 Å². The fraction of sp³-hybridized carbons (Fsp3) is 0.423. The summed E-state index contributed by atoms with van der Waals surface area (Å²) in [5, 5.41) is 15.1. The zero-order chi connectivity index (χ0) is 24.3. The molecule has 182 valence electrons. The van der Waals surface area contributed by atoms with E-state index in [1.807, 2.05) is 30.3 Å². The lowest BCUT2D eigenvalue weighted by Crippen LogP contribution is -2.46. The molecule has 8 nitrogen and oxygen atoms in total. The monoisotopic (exact) mass is 467 g/mol. The van der Waals surface area contributed by atoms with Crippen molar-refractivity contribution in [2.24, 2.45) is 5.73 Å². The third-order valence-electron chi connectivity index (χ3n) is 5.93. The van der Waals surface area contributed by atoms with Gasteiger partial charge >= 0.3 is 5.97 Å². The first-order chi connectivity index (χ1) is 16.4. The Kier molecular flexibility index (Phi) is 9.75. The first kappa shape index (κ1) is 25.6. The molecular weight excluding hydrogens is 434 g/mol. The Balaban J connectivity index is 1.53. The number of Topliss-reactive ketones (excluding diaryl/α,β-unsaturated/α-hetero) is 1. The average molecular weight is 468 g/mol. The number of hydrogen-bond donors (Lipinski definition) is 4. The van der Waals surface area contributed by atoms with Gasteiger partial charge in [-0.05, 0) is 36.8 Å². The summed E-state index contributed by atoms with van der Waals surface area (Å²) >= 11 is 0. The largest absolute Gasteiger partial charge is 0.481 e. The number of nitrogens with two attached hydrogens (primary N) is 1. The van der Waals surface area contributed by atoms with E-state index in [1.165, 1.54) is 0 Å². The maximum absolute atomic E-state index is 12.7. The van der Waals surface area contributed by atoms with Crippen molar-refractivity contribution in [3.63, 3.8) is 0 Å². The summed E-state index contributed by atoms with van der Waals surface area (Å²) in [5.74, 6) is -1.28. The predicted molar refractivity (Wildman–Crippen MR) is 129 cm³/mol. The molecule has 1 fully saturated rings. The molecule has 0 aliphatic carbocycles. The molecule has 0 saturated carbocycles. The predicted octanol–water partition coefficient (Wildman–Crippen LogP) is 1.71. The van der Waals surface area contributed by atoms with Crippen LogP contribution in [0.4, 0.5) is 0 Å². The van der Waals surface area contributed by atoms with E-state index >= 15 is 0 Å². The number of amides is 1. The molecule has 8 heteroatoms. The smallest absolute Gasteiger partial charge is 0.303 e. The van der Waals surface area contributed by atoms with Gasteiger partial charge in [0.15, 0.2) is 5.78 Å². The lowest BCUT2D eigenvalue weighted by atomic mass is 9.99. The minimum atomic E-state index is -0.896. The highest BCUT2D eigenvalue weighted by atomic mass is 16.5. The number of aliphatic carboxylic acids is 1. The van der Waals surface area contributed by atoms with E-state index in [-0.39, 0.29) is 24.2 Å². The van der Waals surface area contributed by atoms with E-state index in [0.717, 1.165) is 24.1 Å². The van der Waals surface area contributed by atoms with Crippen LogP contribution in [0.25, 0.3) is 0 Å². The molecule has 1 amide bonds. The molecule has 0 spiro atoms. The SMILES string of the molecule is N[C@@H](Cc1ccc(C(=O)C2CNCCO2)cc1)C(=O)N[C@H](CCC(=O)O)CCc1ccccc1. The molecule has 1 aliphatic heterocycles. The molecule has 2 aromatic rings. The van der Waals surface area contributed by atoms with Gasteiger partial charge in [-0.2, -0.15) is 0 Å². The highest BCUT2D eigenvalue weighted by Gasteiger charge is 2.23. The highest BCUT2D eigenvalue weighted by molar-refractivity contribution is 5.99. The van der Waals surface area contributed by atoms with Crippen LogP contribution in [0.1, 0.15) is 40.7 Å². The second-order valence-electron chi connectivity index (χ2n) is 8.60. The Hall–Kier alpha value is -3.07. The summed E-state index contributed by atoms with van der Waals surface area (Å²) < 4.78 is 5.52. The van der Waals surface area contributed by atoms with E-state index in [4.69, 9.17) is 15.6 Å². The van der Waals surface area contributed by atoms with Crippen molar-refractivity contribution in [1.82, 2.24) is 10.6 Å². The standard InChI is InChI=1S/C26H33N3O5/c27-22(16-19-6-9-20(10-7-19)25(32)23-17-28-14-15-34-23)26(33)29-21(12-13-24(30)31)11-8-18-4-2-1-3-5-18/h1-7,9-10,21-23,28H,8,11-17,27H2,(H,29,33)(H,30,31)/t21-,22-,23?/m0/s1. The molecule has 1 saturated heterocycles. The fourth-order valence-electron chi connectivity index (χ4n) is 3.95. The molecule has 3 rings (SSSR count). The number of ketones is 1. The number of rotatable bonds is 12. The molecule has 34 heavy (non-hydrogen) atoms. The van der Waals surface area contributed by atoms with E-state index in [9.17, 15) is 14.4 Å².